The van der Waals surface area contributed by atoms with Crippen LogP contribution in [-0.4, -0.2) is 23.2 Å². The van der Waals surface area contributed by atoms with E-state index in [0.717, 1.165) is 24.6 Å². The van der Waals surface area contributed by atoms with Crippen molar-refractivity contribution in [2.45, 2.75) is 31.4 Å². The van der Waals surface area contributed by atoms with Gasteiger partial charge in [-0.15, -0.1) is 0 Å². The highest BCUT2D eigenvalue weighted by Gasteiger charge is 2.27. The molecule has 5 heteroatoms. The monoisotopic (exact) mass is 241 g/mol. The average Bonchev–Trinajstić information content (AvgIpc) is 2.68. The number of hydrogen-bond donors (Lipinski definition) is 2. The summed E-state index contributed by atoms with van der Waals surface area (Å²) < 4.78 is 26.2. The number of hydrogen-bond acceptors (Lipinski definition) is 2. The van der Waals surface area contributed by atoms with Crippen molar-refractivity contribution in [2.24, 2.45) is 0 Å². The normalized spacial score (nSPS) is 23.7. The van der Waals surface area contributed by atoms with Crippen molar-refractivity contribution < 1.29 is 18.7 Å². The molecule has 1 aliphatic carbocycles. The predicted molar refractivity (Wildman–Crippen MR) is 57.5 cm³/mol. The zero-order valence-corrected chi connectivity index (χ0v) is 9.12. The van der Waals surface area contributed by atoms with E-state index in [1.807, 2.05) is 0 Å². The molecule has 1 aliphatic rings. The lowest BCUT2D eigenvalue weighted by atomic mass is 10.1. The Kier molecular flexibility index (Phi) is 3.38. The number of nitrogens with one attached hydrogen (secondary N) is 1. The molecule has 17 heavy (non-hydrogen) atoms. The maximum atomic E-state index is 13.3. The fraction of sp³-hybridized carbons (Fsp3) is 0.417. The van der Waals surface area contributed by atoms with Gasteiger partial charge in [-0.25, -0.2) is 8.78 Å². The summed E-state index contributed by atoms with van der Waals surface area (Å²) in [7, 11) is 0. The highest BCUT2D eigenvalue weighted by atomic mass is 19.1. The van der Waals surface area contributed by atoms with Gasteiger partial charge in [0.15, 0.2) is 0 Å². The van der Waals surface area contributed by atoms with E-state index in [1.54, 1.807) is 0 Å². The molecule has 1 amide bonds. The summed E-state index contributed by atoms with van der Waals surface area (Å²) in [4.78, 5) is 11.7. The van der Waals surface area contributed by atoms with Crippen LogP contribution in [0.1, 0.15) is 29.6 Å². The van der Waals surface area contributed by atoms with Gasteiger partial charge in [0, 0.05) is 0 Å². The van der Waals surface area contributed by atoms with E-state index in [1.165, 1.54) is 0 Å². The number of rotatable bonds is 2. The van der Waals surface area contributed by atoms with Crippen LogP contribution in [0.15, 0.2) is 18.2 Å². The van der Waals surface area contributed by atoms with Crippen molar-refractivity contribution in [3.8, 4) is 0 Å². The van der Waals surface area contributed by atoms with Crippen LogP contribution < -0.4 is 5.32 Å². The second kappa shape index (κ2) is 4.79. The molecular formula is C12H13F2NO2. The number of carbonyl (C=O) groups is 1. The van der Waals surface area contributed by atoms with Crippen LogP contribution in [0.2, 0.25) is 0 Å². The van der Waals surface area contributed by atoms with Crippen molar-refractivity contribution in [3.63, 3.8) is 0 Å². The molecule has 0 spiro atoms. The van der Waals surface area contributed by atoms with Crippen molar-refractivity contribution >= 4 is 5.91 Å². The van der Waals surface area contributed by atoms with Gasteiger partial charge in [0.2, 0.25) is 0 Å². The van der Waals surface area contributed by atoms with Gasteiger partial charge in [0.05, 0.1) is 17.7 Å². The van der Waals surface area contributed by atoms with Crippen molar-refractivity contribution in [1.29, 1.82) is 0 Å². The summed E-state index contributed by atoms with van der Waals surface area (Å²) in [6.07, 6.45) is 1.49. The minimum atomic E-state index is -0.767. The molecule has 0 bridgehead atoms. The summed E-state index contributed by atoms with van der Waals surface area (Å²) in [5.41, 5.74) is -0.330. The quantitative estimate of drug-likeness (QED) is 0.826. The van der Waals surface area contributed by atoms with Crippen LogP contribution in [0, 0.1) is 11.6 Å². The van der Waals surface area contributed by atoms with Gasteiger partial charge in [-0.2, -0.15) is 0 Å². The Labute approximate surface area is 97.5 Å². The fourth-order valence-electron chi connectivity index (χ4n) is 2.03. The minimum Gasteiger partial charge on any atom is -0.391 e. The lowest BCUT2D eigenvalue weighted by molar-refractivity contribution is 0.0869. The first-order chi connectivity index (χ1) is 8.08. The Morgan fingerprint density at radius 2 is 2.12 bits per heavy atom. The second-order valence-corrected chi connectivity index (χ2v) is 4.20. The molecule has 1 saturated carbocycles. The topological polar surface area (TPSA) is 49.3 Å². The summed E-state index contributed by atoms with van der Waals surface area (Å²) >= 11 is 0. The zero-order chi connectivity index (χ0) is 12.4. The molecule has 2 unspecified atom stereocenters. The van der Waals surface area contributed by atoms with Gasteiger partial charge in [0.25, 0.3) is 5.91 Å². The molecule has 2 rings (SSSR count). The number of aliphatic hydroxyl groups is 1. The molecule has 0 radical (unpaired) electrons. The third kappa shape index (κ3) is 2.61. The lowest BCUT2D eigenvalue weighted by Crippen LogP contribution is -2.40. The van der Waals surface area contributed by atoms with Crippen LogP contribution in [0.25, 0.3) is 0 Å². The first kappa shape index (κ1) is 12.0. The molecule has 0 heterocycles. The molecule has 0 saturated heterocycles. The summed E-state index contributed by atoms with van der Waals surface area (Å²) in [6.45, 7) is 0. The number of halogens is 2. The Hall–Kier alpha value is -1.49. The Bertz CT molecular complexity index is 437. The molecule has 0 aromatic heterocycles. The van der Waals surface area contributed by atoms with Crippen LogP contribution in [0.5, 0.6) is 0 Å². The third-order valence-corrected chi connectivity index (χ3v) is 2.97. The first-order valence-corrected chi connectivity index (χ1v) is 5.52. The Morgan fingerprint density at radius 3 is 2.76 bits per heavy atom. The standard InChI is InChI=1S/C12H13F2NO2/c13-7-4-5-9(14)8(6-7)12(17)15-10-2-1-3-11(10)16/h4-6,10-11,16H,1-3H2,(H,15,17). The minimum absolute atomic E-state index is 0.330. The molecule has 1 fully saturated rings. The van der Waals surface area contributed by atoms with Gasteiger partial charge in [-0.05, 0) is 37.5 Å². The van der Waals surface area contributed by atoms with Gasteiger partial charge in [0.1, 0.15) is 11.6 Å². The lowest BCUT2D eigenvalue weighted by Gasteiger charge is -2.16. The molecule has 0 aliphatic heterocycles. The maximum Gasteiger partial charge on any atom is 0.254 e. The van der Waals surface area contributed by atoms with Crippen LogP contribution in [-0.2, 0) is 0 Å². The van der Waals surface area contributed by atoms with E-state index >= 15 is 0 Å². The summed E-state index contributed by atoms with van der Waals surface area (Å²) in [5, 5.41) is 12.0. The van der Waals surface area contributed by atoms with Gasteiger partial charge in [-0.3, -0.25) is 4.79 Å². The van der Waals surface area contributed by atoms with Crippen LogP contribution in [0.4, 0.5) is 8.78 Å². The van der Waals surface area contributed by atoms with E-state index in [-0.39, 0.29) is 11.6 Å². The van der Waals surface area contributed by atoms with Crippen LogP contribution >= 0.6 is 0 Å². The predicted octanol–water partition coefficient (Wildman–Crippen LogP) is 1.61. The molecule has 2 atom stereocenters. The van der Waals surface area contributed by atoms with E-state index < -0.39 is 23.6 Å². The Morgan fingerprint density at radius 1 is 1.35 bits per heavy atom. The van der Waals surface area contributed by atoms with Gasteiger partial charge >= 0.3 is 0 Å². The average molecular weight is 241 g/mol. The zero-order valence-electron chi connectivity index (χ0n) is 9.12. The fourth-order valence-corrected chi connectivity index (χ4v) is 2.03. The smallest absolute Gasteiger partial charge is 0.254 e. The number of carbonyl (C=O) groups excluding carboxylic acids is 1. The summed E-state index contributed by atoms with van der Waals surface area (Å²) in [6, 6.07) is 2.35. The molecule has 1 aromatic rings. The highest BCUT2D eigenvalue weighted by molar-refractivity contribution is 5.94. The molecular weight excluding hydrogens is 228 g/mol. The van der Waals surface area contributed by atoms with E-state index in [9.17, 15) is 18.7 Å². The maximum absolute atomic E-state index is 13.3. The largest absolute Gasteiger partial charge is 0.391 e. The molecule has 92 valence electrons. The SMILES string of the molecule is O=C(NC1CCCC1O)c1cc(F)ccc1F. The number of benzene rings is 1. The number of amides is 1. The molecule has 3 nitrogen and oxygen atoms in total. The number of aliphatic hydroxyl groups excluding tert-OH is 1. The van der Waals surface area contributed by atoms with Gasteiger partial charge in [-0.1, -0.05) is 0 Å². The van der Waals surface area contributed by atoms with Gasteiger partial charge < -0.3 is 10.4 Å². The van der Waals surface area contributed by atoms with E-state index in [4.69, 9.17) is 0 Å². The second-order valence-electron chi connectivity index (χ2n) is 4.20. The van der Waals surface area contributed by atoms with Crippen molar-refractivity contribution in [1.82, 2.24) is 5.32 Å². The van der Waals surface area contributed by atoms with E-state index in [0.29, 0.717) is 12.8 Å². The van der Waals surface area contributed by atoms with Crippen molar-refractivity contribution in [3.05, 3.63) is 35.4 Å². The first-order valence-electron chi connectivity index (χ1n) is 5.52. The highest BCUT2D eigenvalue weighted by Crippen LogP contribution is 2.19. The Balaban J connectivity index is 2.11. The van der Waals surface area contributed by atoms with Crippen molar-refractivity contribution in [2.75, 3.05) is 0 Å². The summed E-state index contributed by atoms with van der Waals surface area (Å²) in [5.74, 6) is -2.12. The third-order valence-electron chi connectivity index (χ3n) is 2.97. The molecule has 1 aromatic carbocycles. The van der Waals surface area contributed by atoms with E-state index in [2.05, 4.69) is 5.32 Å². The molecule has 2 N–H and O–H groups in total. The van der Waals surface area contributed by atoms with Crippen LogP contribution in [0.3, 0.4) is 0 Å².